The van der Waals surface area contributed by atoms with Crippen molar-refractivity contribution in [1.29, 1.82) is 0 Å². The van der Waals surface area contributed by atoms with Crippen molar-refractivity contribution < 1.29 is 13.6 Å². The van der Waals surface area contributed by atoms with Crippen molar-refractivity contribution in [2.45, 2.75) is 18.5 Å². The van der Waals surface area contributed by atoms with E-state index in [0.29, 0.717) is 28.8 Å². The van der Waals surface area contributed by atoms with Crippen molar-refractivity contribution in [3.8, 4) is 0 Å². The van der Waals surface area contributed by atoms with Gasteiger partial charge in [0.1, 0.15) is 23.0 Å². The normalized spacial score (nSPS) is 11.0. The van der Waals surface area contributed by atoms with E-state index in [2.05, 4.69) is 25.6 Å². The van der Waals surface area contributed by atoms with Crippen LogP contribution in [-0.4, -0.2) is 36.6 Å². The molecule has 0 saturated carbocycles. The van der Waals surface area contributed by atoms with Crippen LogP contribution in [0.15, 0.2) is 29.6 Å². The molecule has 0 aliphatic rings. The molecular formula is C14H12F2N6OS. The van der Waals surface area contributed by atoms with Gasteiger partial charge in [-0.25, -0.2) is 23.4 Å². The Morgan fingerprint density at radius 2 is 2.17 bits per heavy atom. The fourth-order valence-corrected chi connectivity index (χ4v) is 2.73. The Hall–Kier alpha value is -2.62. The number of nitrogens with one attached hydrogen (secondary N) is 1. The Morgan fingerprint density at radius 3 is 2.92 bits per heavy atom. The van der Waals surface area contributed by atoms with Gasteiger partial charge in [-0.15, -0.1) is 5.10 Å². The standard InChI is InChI=1S/C14H12F2N6OS/c1-2-22-13-12(20-21-22)14(18-7-17-13)24-6-11(23)19-10-4-3-8(15)5-9(10)16/h3-5,7H,2,6H2,1H3,(H,19,23). The van der Waals surface area contributed by atoms with Crippen molar-refractivity contribution in [3.05, 3.63) is 36.2 Å². The lowest BCUT2D eigenvalue weighted by molar-refractivity contribution is -0.113. The number of rotatable bonds is 5. The summed E-state index contributed by atoms with van der Waals surface area (Å²) in [5.74, 6) is -1.99. The number of carbonyl (C=O) groups excluding carboxylic acids is 1. The molecule has 0 aliphatic carbocycles. The van der Waals surface area contributed by atoms with Crippen LogP contribution in [0.5, 0.6) is 0 Å². The summed E-state index contributed by atoms with van der Waals surface area (Å²) >= 11 is 1.13. The van der Waals surface area contributed by atoms with Crippen molar-refractivity contribution in [1.82, 2.24) is 25.0 Å². The lowest BCUT2D eigenvalue weighted by Gasteiger charge is -2.06. The SMILES string of the molecule is CCn1nnc2c(SCC(=O)Nc3ccc(F)cc3F)ncnc21. The second-order valence-corrected chi connectivity index (χ2v) is 5.68. The molecule has 24 heavy (non-hydrogen) atoms. The first kappa shape index (κ1) is 16.2. The van der Waals surface area contributed by atoms with E-state index in [0.717, 1.165) is 17.8 Å². The highest BCUT2D eigenvalue weighted by atomic mass is 32.2. The zero-order chi connectivity index (χ0) is 17.1. The second kappa shape index (κ2) is 6.87. The molecular weight excluding hydrogens is 338 g/mol. The van der Waals surface area contributed by atoms with Crippen LogP contribution in [0.4, 0.5) is 14.5 Å². The first-order valence-electron chi connectivity index (χ1n) is 7.00. The van der Waals surface area contributed by atoms with E-state index in [1.807, 2.05) is 6.92 Å². The molecule has 1 amide bonds. The molecule has 1 aromatic carbocycles. The maximum absolute atomic E-state index is 13.5. The minimum absolute atomic E-state index is 0.0120. The number of aryl methyl sites for hydroxylation is 1. The first-order chi connectivity index (χ1) is 11.6. The molecule has 124 valence electrons. The number of hydrogen-bond acceptors (Lipinski definition) is 6. The van der Waals surface area contributed by atoms with Crippen molar-refractivity contribution in [3.63, 3.8) is 0 Å². The Labute approximate surface area is 139 Å². The van der Waals surface area contributed by atoms with E-state index in [9.17, 15) is 13.6 Å². The van der Waals surface area contributed by atoms with Crippen LogP contribution >= 0.6 is 11.8 Å². The highest BCUT2D eigenvalue weighted by molar-refractivity contribution is 8.00. The quantitative estimate of drug-likeness (QED) is 0.561. The summed E-state index contributed by atoms with van der Waals surface area (Å²) < 4.78 is 28.0. The molecule has 3 rings (SSSR count). The van der Waals surface area contributed by atoms with E-state index >= 15 is 0 Å². The predicted octanol–water partition coefficient (Wildman–Crippen LogP) is 2.25. The number of hydrogen-bond donors (Lipinski definition) is 1. The summed E-state index contributed by atoms with van der Waals surface area (Å²) in [6.07, 6.45) is 1.37. The smallest absolute Gasteiger partial charge is 0.234 e. The molecule has 0 bridgehead atoms. The third kappa shape index (κ3) is 3.32. The maximum atomic E-state index is 13.5. The van der Waals surface area contributed by atoms with Gasteiger partial charge in [0, 0.05) is 12.6 Å². The molecule has 2 aromatic heterocycles. The average molecular weight is 350 g/mol. The van der Waals surface area contributed by atoms with E-state index < -0.39 is 17.5 Å². The van der Waals surface area contributed by atoms with Gasteiger partial charge < -0.3 is 5.32 Å². The maximum Gasteiger partial charge on any atom is 0.234 e. The number of benzene rings is 1. The zero-order valence-electron chi connectivity index (χ0n) is 12.5. The van der Waals surface area contributed by atoms with Gasteiger partial charge in [0.15, 0.2) is 11.2 Å². The van der Waals surface area contributed by atoms with Gasteiger partial charge in [0.25, 0.3) is 0 Å². The molecule has 3 aromatic rings. The Kier molecular flexibility index (Phi) is 4.65. The number of amides is 1. The van der Waals surface area contributed by atoms with Crippen LogP contribution in [0.25, 0.3) is 11.2 Å². The predicted molar refractivity (Wildman–Crippen MR) is 84.5 cm³/mol. The average Bonchev–Trinajstić information content (AvgIpc) is 2.99. The Morgan fingerprint density at radius 1 is 1.33 bits per heavy atom. The number of nitrogens with zero attached hydrogens (tertiary/aromatic N) is 5. The van der Waals surface area contributed by atoms with E-state index in [4.69, 9.17) is 0 Å². The van der Waals surface area contributed by atoms with Crippen LogP contribution in [0.1, 0.15) is 6.92 Å². The Bertz CT molecular complexity index is 900. The van der Waals surface area contributed by atoms with E-state index in [1.54, 1.807) is 4.68 Å². The molecule has 7 nitrogen and oxygen atoms in total. The minimum Gasteiger partial charge on any atom is -0.323 e. The van der Waals surface area contributed by atoms with Gasteiger partial charge in [0.05, 0.1) is 11.4 Å². The van der Waals surface area contributed by atoms with Crippen molar-refractivity contribution in [2.24, 2.45) is 0 Å². The minimum atomic E-state index is -0.830. The first-order valence-corrected chi connectivity index (χ1v) is 7.99. The molecule has 0 aliphatic heterocycles. The van der Waals surface area contributed by atoms with Crippen molar-refractivity contribution >= 4 is 34.5 Å². The second-order valence-electron chi connectivity index (χ2n) is 4.72. The zero-order valence-corrected chi connectivity index (χ0v) is 13.3. The molecule has 0 atom stereocenters. The number of thioether (sulfide) groups is 1. The summed E-state index contributed by atoms with van der Waals surface area (Å²) in [5, 5.41) is 10.9. The topological polar surface area (TPSA) is 85.6 Å². The summed E-state index contributed by atoms with van der Waals surface area (Å²) in [6, 6.07) is 2.95. The van der Waals surface area contributed by atoms with Gasteiger partial charge in [-0.2, -0.15) is 0 Å². The van der Waals surface area contributed by atoms with E-state index in [1.165, 1.54) is 12.4 Å². The molecule has 0 spiro atoms. The van der Waals surface area contributed by atoms with Crippen LogP contribution in [0.3, 0.4) is 0 Å². The fourth-order valence-electron chi connectivity index (χ4n) is 2.00. The number of halogens is 2. The van der Waals surface area contributed by atoms with Crippen LogP contribution in [-0.2, 0) is 11.3 Å². The lowest BCUT2D eigenvalue weighted by atomic mass is 10.3. The Balaban J connectivity index is 1.69. The van der Waals surface area contributed by atoms with Gasteiger partial charge in [-0.05, 0) is 19.1 Å². The third-order valence-corrected chi connectivity index (χ3v) is 4.09. The monoisotopic (exact) mass is 350 g/mol. The third-order valence-electron chi connectivity index (χ3n) is 3.11. The molecule has 0 saturated heterocycles. The van der Waals surface area contributed by atoms with E-state index in [-0.39, 0.29) is 11.4 Å². The number of fused-ring (bicyclic) bond motifs is 1. The highest BCUT2D eigenvalue weighted by Gasteiger charge is 2.14. The molecule has 0 fully saturated rings. The molecule has 10 heteroatoms. The molecule has 0 unspecified atom stereocenters. The summed E-state index contributed by atoms with van der Waals surface area (Å²) in [4.78, 5) is 20.2. The summed E-state index contributed by atoms with van der Waals surface area (Å²) in [7, 11) is 0. The van der Waals surface area contributed by atoms with Crippen LogP contribution < -0.4 is 5.32 Å². The van der Waals surface area contributed by atoms with Gasteiger partial charge in [0.2, 0.25) is 5.91 Å². The summed E-state index contributed by atoms with van der Waals surface area (Å²) in [5.41, 5.74) is 1.01. The highest BCUT2D eigenvalue weighted by Crippen LogP contribution is 2.23. The molecule has 1 N–H and O–H groups in total. The fraction of sp³-hybridized carbons (Fsp3) is 0.214. The van der Waals surface area contributed by atoms with Gasteiger partial charge in [-0.1, -0.05) is 17.0 Å². The molecule has 2 heterocycles. The summed E-state index contributed by atoms with van der Waals surface area (Å²) in [6.45, 7) is 2.52. The van der Waals surface area contributed by atoms with Gasteiger partial charge in [-0.3, -0.25) is 4.79 Å². The molecule has 0 radical (unpaired) electrons. The number of carbonyl (C=O) groups is 1. The lowest BCUT2D eigenvalue weighted by Crippen LogP contribution is -2.15. The number of aromatic nitrogens is 5. The van der Waals surface area contributed by atoms with Crippen molar-refractivity contribution in [2.75, 3.05) is 11.1 Å². The van der Waals surface area contributed by atoms with Crippen LogP contribution in [0, 0.1) is 11.6 Å². The van der Waals surface area contributed by atoms with Gasteiger partial charge >= 0.3 is 0 Å². The van der Waals surface area contributed by atoms with Crippen LogP contribution in [0.2, 0.25) is 0 Å². The largest absolute Gasteiger partial charge is 0.323 e. The number of anilines is 1.